The van der Waals surface area contributed by atoms with Gasteiger partial charge in [-0.15, -0.1) is 0 Å². The summed E-state index contributed by atoms with van der Waals surface area (Å²) in [5, 5.41) is 15.8. The number of hydroxylamine groups is 1. The average molecular weight is 365 g/mol. The van der Waals surface area contributed by atoms with E-state index in [0.717, 1.165) is 16.2 Å². The van der Waals surface area contributed by atoms with Gasteiger partial charge in [0, 0.05) is 22.7 Å². The smallest absolute Gasteiger partial charge is 0.257 e. The lowest BCUT2D eigenvalue weighted by Crippen LogP contribution is -2.51. The number of fused-ring (bicyclic) bond motifs is 1. The van der Waals surface area contributed by atoms with E-state index in [1.165, 1.54) is 0 Å². The SMILES string of the molecule is O=C1Nc2ccccc2[C@]1(Cc1ccc(Cl)cc1)N(O)c1ccccc1. The topological polar surface area (TPSA) is 52.6 Å². The summed E-state index contributed by atoms with van der Waals surface area (Å²) in [5.74, 6) is -0.264. The third-order valence-electron chi connectivity index (χ3n) is 4.73. The number of nitrogens with zero attached hydrogens (tertiary/aromatic N) is 1. The minimum absolute atomic E-state index is 0.264. The molecule has 4 rings (SSSR count). The van der Waals surface area contributed by atoms with Gasteiger partial charge in [0.1, 0.15) is 0 Å². The number of carbonyl (C=O) groups excluding carboxylic acids is 1. The summed E-state index contributed by atoms with van der Waals surface area (Å²) in [6, 6.07) is 23.8. The van der Waals surface area contributed by atoms with Crippen molar-refractivity contribution < 1.29 is 10.0 Å². The Balaban J connectivity index is 1.87. The van der Waals surface area contributed by atoms with Gasteiger partial charge in [-0.05, 0) is 35.9 Å². The maximum Gasteiger partial charge on any atom is 0.257 e. The normalized spacial score (nSPS) is 18.3. The molecule has 0 saturated heterocycles. The molecule has 2 N–H and O–H groups in total. The second-order valence-electron chi connectivity index (χ2n) is 6.31. The molecule has 130 valence electrons. The Morgan fingerprint density at radius 2 is 1.58 bits per heavy atom. The first-order valence-corrected chi connectivity index (χ1v) is 8.68. The molecule has 1 aliphatic rings. The van der Waals surface area contributed by atoms with Crippen molar-refractivity contribution in [3.8, 4) is 0 Å². The van der Waals surface area contributed by atoms with Crippen molar-refractivity contribution in [2.75, 3.05) is 10.4 Å². The van der Waals surface area contributed by atoms with E-state index in [0.29, 0.717) is 22.8 Å². The van der Waals surface area contributed by atoms with E-state index in [4.69, 9.17) is 11.6 Å². The lowest BCUT2D eigenvalue weighted by molar-refractivity contribution is -0.123. The fourth-order valence-electron chi connectivity index (χ4n) is 3.45. The molecular formula is C21H17ClN2O2. The molecule has 0 saturated carbocycles. The zero-order valence-corrected chi connectivity index (χ0v) is 14.6. The van der Waals surface area contributed by atoms with Crippen LogP contribution in [0.4, 0.5) is 11.4 Å². The molecule has 0 aromatic heterocycles. The van der Waals surface area contributed by atoms with Gasteiger partial charge in [0.2, 0.25) is 0 Å². The highest BCUT2D eigenvalue weighted by atomic mass is 35.5. The molecule has 0 fully saturated rings. The van der Waals surface area contributed by atoms with Gasteiger partial charge in [-0.2, -0.15) is 0 Å². The number of anilines is 2. The lowest BCUT2D eigenvalue weighted by Gasteiger charge is -2.36. The first-order chi connectivity index (χ1) is 12.6. The van der Waals surface area contributed by atoms with Crippen LogP contribution in [0, 0.1) is 0 Å². The number of rotatable bonds is 4. The molecule has 3 aromatic rings. The van der Waals surface area contributed by atoms with Gasteiger partial charge in [-0.3, -0.25) is 10.0 Å². The Hall–Kier alpha value is -2.82. The number of amides is 1. The predicted octanol–water partition coefficient (Wildman–Crippen LogP) is 4.63. The van der Waals surface area contributed by atoms with Gasteiger partial charge in [-0.1, -0.05) is 60.1 Å². The monoisotopic (exact) mass is 364 g/mol. The zero-order chi connectivity index (χ0) is 18.1. The summed E-state index contributed by atoms with van der Waals surface area (Å²) in [7, 11) is 0. The Bertz CT molecular complexity index is 944. The third-order valence-corrected chi connectivity index (χ3v) is 4.98. The summed E-state index contributed by atoms with van der Waals surface area (Å²) in [4.78, 5) is 13.1. The molecule has 26 heavy (non-hydrogen) atoms. The van der Waals surface area contributed by atoms with Crippen LogP contribution in [0.5, 0.6) is 0 Å². The molecule has 0 bridgehead atoms. The van der Waals surface area contributed by atoms with E-state index in [2.05, 4.69) is 5.32 Å². The molecule has 0 radical (unpaired) electrons. The second kappa shape index (κ2) is 6.48. The maximum absolute atomic E-state index is 13.1. The highest BCUT2D eigenvalue weighted by molar-refractivity contribution is 6.30. The molecule has 3 aromatic carbocycles. The summed E-state index contributed by atoms with van der Waals surface area (Å²) >= 11 is 5.99. The van der Waals surface area contributed by atoms with Crippen molar-refractivity contribution in [1.29, 1.82) is 0 Å². The quantitative estimate of drug-likeness (QED) is 0.664. The number of nitrogens with one attached hydrogen (secondary N) is 1. The van der Waals surface area contributed by atoms with Crippen LogP contribution in [0.3, 0.4) is 0 Å². The van der Waals surface area contributed by atoms with Crippen molar-refractivity contribution in [2.24, 2.45) is 0 Å². The molecular weight excluding hydrogens is 348 g/mol. The van der Waals surface area contributed by atoms with Crippen LogP contribution in [-0.2, 0) is 16.8 Å². The first kappa shape index (κ1) is 16.6. The van der Waals surface area contributed by atoms with E-state index in [-0.39, 0.29) is 5.91 Å². The Morgan fingerprint density at radius 3 is 2.31 bits per heavy atom. The fraction of sp³-hybridized carbons (Fsp3) is 0.0952. The zero-order valence-electron chi connectivity index (χ0n) is 13.9. The Labute approximate surface area is 156 Å². The van der Waals surface area contributed by atoms with Crippen LogP contribution in [0.25, 0.3) is 0 Å². The van der Waals surface area contributed by atoms with Crippen LogP contribution in [0.15, 0.2) is 78.9 Å². The van der Waals surface area contributed by atoms with Gasteiger partial charge in [0.15, 0.2) is 5.54 Å². The fourth-order valence-corrected chi connectivity index (χ4v) is 3.57. The molecule has 5 heteroatoms. The number of benzene rings is 3. The van der Waals surface area contributed by atoms with Crippen molar-refractivity contribution >= 4 is 28.9 Å². The highest BCUT2D eigenvalue weighted by Gasteiger charge is 2.51. The van der Waals surface area contributed by atoms with E-state index in [9.17, 15) is 10.0 Å². The van der Waals surface area contributed by atoms with Gasteiger partial charge in [0.25, 0.3) is 5.91 Å². The minimum atomic E-state index is -1.26. The molecule has 1 heterocycles. The molecule has 1 atom stereocenters. The van der Waals surface area contributed by atoms with Crippen LogP contribution in [0.2, 0.25) is 5.02 Å². The third kappa shape index (κ3) is 2.64. The maximum atomic E-state index is 13.1. The van der Waals surface area contributed by atoms with Crippen LogP contribution in [0.1, 0.15) is 11.1 Å². The van der Waals surface area contributed by atoms with E-state index in [1.807, 2.05) is 54.6 Å². The second-order valence-corrected chi connectivity index (χ2v) is 6.75. The van der Waals surface area contributed by atoms with Gasteiger partial charge in [-0.25, -0.2) is 5.06 Å². The standard InChI is InChI=1S/C21H17ClN2O2/c22-16-12-10-15(11-13-16)14-21(24(26)17-6-2-1-3-7-17)18-8-4-5-9-19(18)23-20(21)25/h1-13,26H,14H2,(H,23,25)/t21-/m0/s1. The molecule has 1 aliphatic heterocycles. The largest absolute Gasteiger partial charge is 0.323 e. The number of para-hydroxylation sites is 2. The van der Waals surface area contributed by atoms with Crippen LogP contribution in [-0.4, -0.2) is 11.1 Å². The van der Waals surface area contributed by atoms with E-state index >= 15 is 0 Å². The first-order valence-electron chi connectivity index (χ1n) is 8.31. The van der Waals surface area contributed by atoms with Crippen molar-refractivity contribution in [3.05, 3.63) is 95.0 Å². The summed E-state index contributed by atoms with van der Waals surface area (Å²) in [6.45, 7) is 0. The molecule has 1 amide bonds. The van der Waals surface area contributed by atoms with Crippen molar-refractivity contribution in [2.45, 2.75) is 12.0 Å². The number of hydrogen-bond acceptors (Lipinski definition) is 3. The summed E-state index contributed by atoms with van der Waals surface area (Å²) < 4.78 is 0. The number of carbonyl (C=O) groups is 1. The molecule has 0 aliphatic carbocycles. The highest BCUT2D eigenvalue weighted by Crippen LogP contribution is 2.44. The van der Waals surface area contributed by atoms with E-state index in [1.54, 1.807) is 24.3 Å². The van der Waals surface area contributed by atoms with Gasteiger partial charge in [0.05, 0.1) is 5.69 Å². The van der Waals surface area contributed by atoms with Gasteiger partial charge < -0.3 is 5.32 Å². The lowest BCUT2D eigenvalue weighted by atomic mass is 9.84. The molecule has 0 spiro atoms. The number of halogens is 1. The van der Waals surface area contributed by atoms with Crippen molar-refractivity contribution in [3.63, 3.8) is 0 Å². The van der Waals surface area contributed by atoms with Crippen LogP contribution < -0.4 is 10.4 Å². The predicted molar refractivity (Wildman–Crippen MR) is 103 cm³/mol. The van der Waals surface area contributed by atoms with Gasteiger partial charge >= 0.3 is 0 Å². The number of hydrogen-bond donors (Lipinski definition) is 2. The Morgan fingerprint density at radius 1 is 0.923 bits per heavy atom. The minimum Gasteiger partial charge on any atom is -0.323 e. The summed E-state index contributed by atoms with van der Waals surface area (Å²) in [6.07, 6.45) is 0.304. The van der Waals surface area contributed by atoms with E-state index < -0.39 is 5.54 Å². The Kier molecular flexibility index (Phi) is 4.15. The molecule has 0 unspecified atom stereocenters. The summed E-state index contributed by atoms with van der Waals surface area (Å²) in [5.41, 5.74) is 1.64. The molecule has 4 nitrogen and oxygen atoms in total. The van der Waals surface area contributed by atoms with Crippen LogP contribution >= 0.6 is 11.6 Å². The van der Waals surface area contributed by atoms with Crippen molar-refractivity contribution in [1.82, 2.24) is 0 Å². The average Bonchev–Trinajstić information content (AvgIpc) is 2.96.